The summed E-state index contributed by atoms with van der Waals surface area (Å²) in [5.41, 5.74) is 1.11. The molecule has 2 rings (SSSR count). The Kier molecular flexibility index (Phi) is 17.8. The van der Waals surface area contributed by atoms with Gasteiger partial charge < -0.3 is 31.5 Å². The van der Waals surface area contributed by atoms with Crippen molar-refractivity contribution >= 4 is 35.0 Å². The van der Waals surface area contributed by atoms with Crippen LogP contribution in [-0.4, -0.2) is 70.6 Å². The Morgan fingerprint density at radius 1 is 0.896 bits per heavy atom. The van der Waals surface area contributed by atoms with Crippen LogP contribution in [0.3, 0.4) is 0 Å². The molecule has 7 atom stereocenters. The molecule has 12 heteroatoms. The summed E-state index contributed by atoms with van der Waals surface area (Å²) in [5, 5.41) is 34.6. The van der Waals surface area contributed by atoms with Crippen LogP contribution in [0.2, 0.25) is 0 Å². The molecule has 0 bridgehead atoms. The number of amides is 3. The number of carbonyl (C=O) groups excluding carboxylic acids is 3. The van der Waals surface area contributed by atoms with Gasteiger partial charge in [-0.2, -0.15) is 0 Å². The number of carboxylic acids is 1. The van der Waals surface area contributed by atoms with Crippen molar-refractivity contribution in [2.75, 3.05) is 13.6 Å². The SMILES string of the molecule is CC[C@H](C)[C@H](NC(=O)[C@H](C)CCCCNC)C(=O)N[C@H](C[C@@H](O)c1nc(C(=O)N[C@@H](Cc2ccccc2)C[C@H](C)C(=O)O)cs1)C(C)C. The Morgan fingerprint density at radius 3 is 2.19 bits per heavy atom. The quantitative estimate of drug-likeness (QED) is 0.0967. The van der Waals surface area contributed by atoms with Crippen LogP contribution in [0.15, 0.2) is 35.7 Å². The maximum Gasteiger partial charge on any atom is 0.306 e. The molecule has 0 saturated carbocycles. The fraction of sp³-hybridized carbons (Fsp3) is 0.639. The zero-order valence-corrected chi connectivity index (χ0v) is 30.4. The van der Waals surface area contributed by atoms with Crippen LogP contribution >= 0.6 is 11.3 Å². The minimum absolute atomic E-state index is 0.0271. The Hall–Kier alpha value is -3.35. The topological polar surface area (TPSA) is 170 Å². The summed E-state index contributed by atoms with van der Waals surface area (Å²) in [6, 6.07) is 8.00. The molecule has 0 saturated heterocycles. The number of nitrogens with one attached hydrogen (secondary N) is 4. The number of aromatic nitrogens is 1. The molecule has 48 heavy (non-hydrogen) atoms. The second kappa shape index (κ2) is 20.9. The first-order valence-electron chi connectivity index (χ1n) is 17.2. The van der Waals surface area contributed by atoms with Gasteiger partial charge in [-0.25, -0.2) is 4.98 Å². The normalized spacial score (nSPS) is 15.9. The van der Waals surface area contributed by atoms with E-state index in [4.69, 9.17) is 0 Å². The standard InChI is InChI=1S/C36H57N5O6S/c1-8-23(4)31(41-32(43)24(5)14-12-13-17-37-7)34(45)39-28(22(2)3)20-30(42)35-40-29(21-48-35)33(44)38-27(18-25(6)36(46)47)19-26-15-10-9-11-16-26/h9-11,15-16,21-25,27-28,30-31,37,42H,8,12-14,17-20H2,1-7H3,(H,38,44)(H,39,45)(H,41,43)(H,46,47)/t23-,24+,25-,27+,28+,30+,31-/m0/s1. The van der Waals surface area contributed by atoms with Crippen molar-refractivity contribution in [2.45, 2.75) is 111 Å². The maximum atomic E-state index is 13.6. The number of hydrogen-bond donors (Lipinski definition) is 6. The van der Waals surface area contributed by atoms with Crippen molar-refractivity contribution in [1.82, 2.24) is 26.3 Å². The van der Waals surface area contributed by atoms with E-state index in [1.165, 1.54) is 0 Å². The Balaban J connectivity index is 2.08. The molecule has 0 radical (unpaired) electrons. The summed E-state index contributed by atoms with van der Waals surface area (Å²) >= 11 is 1.15. The number of carbonyl (C=O) groups is 4. The fourth-order valence-corrected chi connectivity index (χ4v) is 6.21. The average molecular weight is 688 g/mol. The Labute approximate surface area is 290 Å². The summed E-state index contributed by atoms with van der Waals surface area (Å²) in [4.78, 5) is 55.7. The number of aliphatic hydroxyl groups excluding tert-OH is 1. The molecular weight excluding hydrogens is 630 g/mol. The molecule has 0 unspecified atom stereocenters. The van der Waals surface area contributed by atoms with Crippen LogP contribution in [0.4, 0.5) is 0 Å². The van der Waals surface area contributed by atoms with Crippen LogP contribution in [0, 0.1) is 23.7 Å². The second-order valence-corrected chi connectivity index (χ2v) is 14.3. The zero-order chi connectivity index (χ0) is 35.8. The number of nitrogens with zero attached hydrogens (tertiary/aromatic N) is 1. The van der Waals surface area contributed by atoms with E-state index in [0.717, 1.165) is 42.7 Å². The van der Waals surface area contributed by atoms with Gasteiger partial charge in [0.1, 0.15) is 22.8 Å². The van der Waals surface area contributed by atoms with Gasteiger partial charge in [-0.15, -0.1) is 11.3 Å². The summed E-state index contributed by atoms with van der Waals surface area (Å²) in [7, 11) is 1.90. The van der Waals surface area contributed by atoms with Gasteiger partial charge in [0.25, 0.3) is 5.91 Å². The van der Waals surface area contributed by atoms with Crippen molar-refractivity contribution < 1.29 is 29.4 Å². The van der Waals surface area contributed by atoms with E-state index in [2.05, 4.69) is 26.3 Å². The molecule has 0 spiro atoms. The van der Waals surface area contributed by atoms with Gasteiger partial charge in [0.15, 0.2) is 0 Å². The molecule has 1 aromatic carbocycles. The van der Waals surface area contributed by atoms with E-state index in [0.29, 0.717) is 17.8 Å². The summed E-state index contributed by atoms with van der Waals surface area (Å²) in [5.74, 6) is -2.79. The Bertz CT molecular complexity index is 1290. The first-order valence-corrected chi connectivity index (χ1v) is 18.1. The van der Waals surface area contributed by atoms with E-state index < -0.39 is 42.0 Å². The number of carboxylic acid groups (broad SMARTS) is 1. The maximum absolute atomic E-state index is 13.6. The lowest BCUT2D eigenvalue weighted by molar-refractivity contribution is -0.141. The molecule has 1 heterocycles. The van der Waals surface area contributed by atoms with Gasteiger partial charge >= 0.3 is 5.97 Å². The van der Waals surface area contributed by atoms with Crippen LogP contribution in [0.1, 0.15) is 107 Å². The summed E-state index contributed by atoms with van der Waals surface area (Å²) < 4.78 is 0. The van der Waals surface area contributed by atoms with Crippen molar-refractivity contribution in [3.05, 3.63) is 52.0 Å². The van der Waals surface area contributed by atoms with Crippen LogP contribution in [0.5, 0.6) is 0 Å². The third kappa shape index (κ3) is 13.6. The third-order valence-electron chi connectivity index (χ3n) is 8.92. The highest BCUT2D eigenvalue weighted by Crippen LogP contribution is 2.25. The van der Waals surface area contributed by atoms with Crippen molar-refractivity contribution in [3.63, 3.8) is 0 Å². The van der Waals surface area contributed by atoms with Crippen LogP contribution in [0.25, 0.3) is 0 Å². The lowest BCUT2D eigenvalue weighted by Gasteiger charge is -2.30. The highest BCUT2D eigenvalue weighted by molar-refractivity contribution is 7.09. The predicted molar refractivity (Wildman–Crippen MR) is 190 cm³/mol. The molecule has 11 nitrogen and oxygen atoms in total. The second-order valence-electron chi connectivity index (χ2n) is 13.4. The van der Waals surface area contributed by atoms with E-state index >= 15 is 0 Å². The molecule has 1 aromatic heterocycles. The van der Waals surface area contributed by atoms with Crippen molar-refractivity contribution in [1.29, 1.82) is 0 Å². The molecule has 268 valence electrons. The number of aliphatic hydroxyl groups is 1. The van der Waals surface area contributed by atoms with Gasteiger partial charge in [-0.3, -0.25) is 19.2 Å². The highest BCUT2D eigenvalue weighted by atomic mass is 32.1. The number of thiazole rings is 1. The highest BCUT2D eigenvalue weighted by Gasteiger charge is 2.31. The van der Waals surface area contributed by atoms with Crippen LogP contribution in [-0.2, 0) is 20.8 Å². The largest absolute Gasteiger partial charge is 0.481 e. The molecule has 0 fully saturated rings. The van der Waals surface area contributed by atoms with Crippen molar-refractivity contribution in [3.8, 4) is 0 Å². The smallest absolute Gasteiger partial charge is 0.306 e. The lowest BCUT2D eigenvalue weighted by atomic mass is 9.94. The molecule has 2 aromatic rings. The van der Waals surface area contributed by atoms with Gasteiger partial charge in [-0.1, -0.05) is 84.7 Å². The summed E-state index contributed by atoms with van der Waals surface area (Å²) in [6.07, 6.45) is 3.20. The number of unbranched alkanes of at least 4 members (excludes halogenated alkanes) is 1. The van der Waals surface area contributed by atoms with Crippen LogP contribution < -0.4 is 21.3 Å². The van der Waals surface area contributed by atoms with E-state index in [-0.39, 0.29) is 48.1 Å². The average Bonchev–Trinajstić information content (AvgIpc) is 3.56. The number of rotatable bonds is 22. The number of benzene rings is 1. The lowest BCUT2D eigenvalue weighted by Crippen LogP contribution is -2.54. The molecule has 0 aliphatic rings. The molecule has 0 aliphatic carbocycles. The van der Waals surface area contributed by atoms with E-state index in [1.807, 2.05) is 72.0 Å². The minimum atomic E-state index is -1.04. The number of aliphatic carboxylic acids is 1. The van der Waals surface area contributed by atoms with Gasteiger partial charge in [0, 0.05) is 29.8 Å². The molecular formula is C36H57N5O6S. The Morgan fingerprint density at radius 2 is 1.58 bits per heavy atom. The summed E-state index contributed by atoms with van der Waals surface area (Å²) in [6.45, 7) is 12.2. The van der Waals surface area contributed by atoms with Gasteiger partial charge in [0.2, 0.25) is 11.8 Å². The number of hydrogen-bond acceptors (Lipinski definition) is 8. The van der Waals surface area contributed by atoms with Gasteiger partial charge in [0.05, 0.1) is 5.92 Å². The molecule has 3 amide bonds. The fourth-order valence-electron chi connectivity index (χ4n) is 5.42. The molecule has 6 N–H and O–H groups in total. The van der Waals surface area contributed by atoms with Gasteiger partial charge in [-0.05, 0) is 56.7 Å². The monoisotopic (exact) mass is 687 g/mol. The molecule has 0 aliphatic heterocycles. The zero-order valence-electron chi connectivity index (χ0n) is 29.6. The first kappa shape index (κ1) is 40.8. The minimum Gasteiger partial charge on any atom is -0.481 e. The first-order chi connectivity index (χ1) is 22.8. The van der Waals surface area contributed by atoms with Crippen molar-refractivity contribution in [2.24, 2.45) is 23.7 Å². The van der Waals surface area contributed by atoms with E-state index in [1.54, 1.807) is 12.3 Å². The van der Waals surface area contributed by atoms with E-state index in [9.17, 15) is 29.4 Å². The predicted octanol–water partition coefficient (Wildman–Crippen LogP) is 4.72. The third-order valence-corrected chi connectivity index (χ3v) is 9.87.